The standard InChI is InChI=1S/C17H13F3N2O3/c1-9(23)10-2-4-11(5-3-10)22-14(24)8-21-17(25)12-6-7-13(18)16(20)15(12)19/h2-7H,8H2,1H3,(H,21,25)(H,22,24). The Hall–Kier alpha value is -3.16. The molecule has 2 rings (SSSR count). The van der Waals surface area contributed by atoms with Crippen molar-refractivity contribution in [2.24, 2.45) is 0 Å². The molecular formula is C17H13F3N2O3. The quantitative estimate of drug-likeness (QED) is 0.643. The van der Waals surface area contributed by atoms with Crippen molar-refractivity contribution in [1.29, 1.82) is 0 Å². The summed E-state index contributed by atoms with van der Waals surface area (Å²) in [6, 6.07) is 7.45. The first-order valence-corrected chi connectivity index (χ1v) is 7.12. The molecule has 0 fully saturated rings. The number of halogens is 3. The molecular weight excluding hydrogens is 337 g/mol. The molecule has 0 aliphatic heterocycles. The van der Waals surface area contributed by atoms with Gasteiger partial charge in [0.25, 0.3) is 5.91 Å². The van der Waals surface area contributed by atoms with Crippen LogP contribution in [0.2, 0.25) is 0 Å². The Labute approximate surface area is 140 Å². The fraction of sp³-hybridized carbons (Fsp3) is 0.118. The van der Waals surface area contributed by atoms with Gasteiger partial charge in [0.15, 0.2) is 23.2 Å². The maximum atomic E-state index is 13.5. The number of carbonyl (C=O) groups excluding carboxylic acids is 3. The van der Waals surface area contributed by atoms with Gasteiger partial charge in [-0.15, -0.1) is 0 Å². The lowest BCUT2D eigenvalue weighted by molar-refractivity contribution is -0.115. The van der Waals surface area contributed by atoms with Gasteiger partial charge < -0.3 is 10.6 Å². The summed E-state index contributed by atoms with van der Waals surface area (Å²) in [4.78, 5) is 34.6. The van der Waals surface area contributed by atoms with Gasteiger partial charge in [0.05, 0.1) is 12.1 Å². The summed E-state index contributed by atoms with van der Waals surface area (Å²) in [7, 11) is 0. The molecule has 0 radical (unpaired) electrons. The zero-order chi connectivity index (χ0) is 18.6. The van der Waals surface area contributed by atoms with Crippen LogP contribution in [0.1, 0.15) is 27.6 Å². The van der Waals surface area contributed by atoms with Gasteiger partial charge in [-0.1, -0.05) is 0 Å². The van der Waals surface area contributed by atoms with Crippen molar-refractivity contribution in [3.05, 3.63) is 65.0 Å². The lowest BCUT2D eigenvalue weighted by Gasteiger charge is -2.08. The van der Waals surface area contributed by atoms with Crippen LogP contribution in [0.15, 0.2) is 36.4 Å². The molecule has 2 aromatic rings. The third kappa shape index (κ3) is 4.43. The Balaban J connectivity index is 1.94. The molecule has 0 atom stereocenters. The van der Waals surface area contributed by atoms with Crippen LogP contribution in [0.4, 0.5) is 18.9 Å². The highest BCUT2D eigenvalue weighted by atomic mass is 19.2. The van der Waals surface area contributed by atoms with Crippen molar-refractivity contribution < 1.29 is 27.6 Å². The maximum Gasteiger partial charge on any atom is 0.254 e. The molecule has 0 saturated carbocycles. The first kappa shape index (κ1) is 18.2. The van der Waals surface area contributed by atoms with Crippen molar-refractivity contribution in [2.75, 3.05) is 11.9 Å². The van der Waals surface area contributed by atoms with Crippen LogP contribution in [-0.4, -0.2) is 24.1 Å². The van der Waals surface area contributed by atoms with E-state index in [0.717, 1.165) is 6.07 Å². The van der Waals surface area contributed by atoms with E-state index in [1.165, 1.54) is 31.2 Å². The summed E-state index contributed by atoms with van der Waals surface area (Å²) in [5.41, 5.74) is 0.154. The minimum atomic E-state index is -1.76. The first-order chi connectivity index (χ1) is 11.8. The van der Waals surface area contributed by atoms with Crippen molar-refractivity contribution in [1.82, 2.24) is 5.32 Å². The number of carbonyl (C=O) groups is 3. The highest BCUT2D eigenvalue weighted by Crippen LogP contribution is 2.15. The zero-order valence-corrected chi connectivity index (χ0v) is 13.0. The van der Waals surface area contributed by atoms with Gasteiger partial charge in [0.2, 0.25) is 5.91 Å². The second-order valence-electron chi connectivity index (χ2n) is 5.09. The molecule has 130 valence electrons. The SMILES string of the molecule is CC(=O)c1ccc(NC(=O)CNC(=O)c2ccc(F)c(F)c2F)cc1. The average molecular weight is 350 g/mol. The van der Waals surface area contributed by atoms with E-state index in [4.69, 9.17) is 0 Å². The van der Waals surface area contributed by atoms with Crippen molar-refractivity contribution in [3.8, 4) is 0 Å². The number of amides is 2. The summed E-state index contributed by atoms with van der Waals surface area (Å²) in [5, 5.41) is 4.56. The minimum Gasteiger partial charge on any atom is -0.343 e. The average Bonchev–Trinajstić information content (AvgIpc) is 2.58. The van der Waals surface area contributed by atoms with E-state index < -0.39 is 41.4 Å². The van der Waals surface area contributed by atoms with Crippen LogP contribution in [0.25, 0.3) is 0 Å². The third-order valence-electron chi connectivity index (χ3n) is 3.26. The summed E-state index contributed by atoms with van der Waals surface area (Å²) < 4.78 is 39.4. The van der Waals surface area contributed by atoms with E-state index >= 15 is 0 Å². The maximum absolute atomic E-state index is 13.5. The van der Waals surface area contributed by atoms with Crippen LogP contribution in [0, 0.1) is 17.5 Å². The van der Waals surface area contributed by atoms with Gasteiger partial charge in [-0.2, -0.15) is 0 Å². The molecule has 0 aromatic heterocycles. The number of Topliss-reactive ketones (excluding diaryl/α,β-unsaturated/α-hetero) is 1. The topological polar surface area (TPSA) is 75.3 Å². The molecule has 0 aliphatic rings. The van der Waals surface area contributed by atoms with Gasteiger partial charge in [-0.05, 0) is 43.3 Å². The number of nitrogens with one attached hydrogen (secondary N) is 2. The number of benzene rings is 2. The Morgan fingerprint density at radius 2 is 1.56 bits per heavy atom. The molecule has 2 amide bonds. The minimum absolute atomic E-state index is 0.126. The highest BCUT2D eigenvalue weighted by Gasteiger charge is 2.19. The molecule has 0 bridgehead atoms. The van der Waals surface area contributed by atoms with Crippen LogP contribution in [0.3, 0.4) is 0 Å². The summed E-state index contributed by atoms with van der Waals surface area (Å²) in [5.74, 6) is -6.61. The fourth-order valence-electron chi connectivity index (χ4n) is 1.95. The van der Waals surface area contributed by atoms with E-state index in [2.05, 4.69) is 10.6 Å². The number of rotatable bonds is 5. The highest BCUT2D eigenvalue weighted by molar-refractivity contribution is 6.00. The molecule has 0 unspecified atom stereocenters. The Morgan fingerprint density at radius 1 is 0.920 bits per heavy atom. The smallest absolute Gasteiger partial charge is 0.254 e. The summed E-state index contributed by atoms with van der Waals surface area (Å²) >= 11 is 0. The van der Waals surface area contributed by atoms with Gasteiger partial charge in [0, 0.05) is 11.3 Å². The second-order valence-corrected chi connectivity index (χ2v) is 5.09. The number of ketones is 1. The zero-order valence-electron chi connectivity index (χ0n) is 13.0. The van der Waals surface area contributed by atoms with E-state index in [1.54, 1.807) is 0 Å². The fourth-order valence-corrected chi connectivity index (χ4v) is 1.95. The molecule has 0 saturated heterocycles. The van der Waals surface area contributed by atoms with Gasteiger partial charge in [0.1, 0.15) is 0 Å². The number of hydrogen-bond donors (Lipinski definition) is 2. The van der Waals surface area contributed by atoms with Crippen LogP contribution in [0.5, 0.6) is 0 Å². The molecule has 0 spiro atoms. The van der Waals surface area contributed by atoms with Gasteiger partial charge in [-0.25, -0.2) is 13.2 Å². The molecule has 25 heavy (non-hydrogen) atoms. The molecule has 2 aromatic carbocycles. The van der Waals surface area contributed by atoms with Crippen LogP contribution in [-0.2, 0) is 4.79 Å². The Kier molecular flexibility index (Phi) is 5.53. The third-order valence-corrected chi connectivity index (χ3v) is 3.26. The number of anilines is 1. The van der Waals surface area contributed by atoms with E-state index in [9.17, 15) is 27.6 Å². The Bertz CT molecular complexity index is 836. The molecule has 0 aliphatic carbocycles. The van der Waals surface area contributed by atoms with Crippen molar-refractivity contribution >= 4 is 23.3 Å². The van der Waals surface area contributed by atoms with Crippen LogP contribution >= 0.6 is 0 Å². The molecule has 2 N–H and O–H groups in total. The van der Waals surface area contributed by atoms with Gasteiger partial charge >= 0.3 is 0 Å². The van der Waals surface area contributed by atoms with Crippen molar-refractivity contribution in [2.45, 2.75) is 6.92 Å². The largest absolute Gasteiger partial charge is 0.343 e. The summed E-state index contributed by atoms with van der Waals surface area (Å²) in [6.07, 6.45) is 0. The molecule has 8 heteroatoms. The monoisotopic (exact) mass is 350 g/mol. The van der Waals surface area contributed by atoms with E-state index in [-0.39, 0.29) is 5.78 Å². The predicted molar refractivity (Wildman–Crippen MR) is 83.7 cm³/mol. The second kappa shape index (κ2) is 7.61. The molecule has 0 heterocycles. The van der Waals surface area contributed by atoms with E-state index in [0.29, 0.717) is 17.3 Å². The van der Waals surface area contributed by atoms with E-state index in [1.807, 2.05) is 0 Å². The summed E-state index contributed by atoms with van der Waals surface area (Å²) in [6.45, 7) is 0.895. The normalized spacial score (nSPS) is 10.2. The van der Waals surface area contributed by atoms with Gasteiger partial charge in [-0.3, -0.25) is 14.4 Å². The number of hydrogen-bond acceptors (Lipinski definition) is 3. The molecule has 5 nitrogen and oxygen atoms in total. The van der Waals surface area contributed by atoms with Crippen molar-refractivity contribution in [3.63, 3.8) is 0 Å². The predicted octanol–water partition coefficient (Wildman–Crippen LogP) is 2.68. The first-order valence-electron chi connectivity index (χ1n) is 7.12. The lowest BCUT2D eigenvalue weighted by Crippen LogP contribution is -2.33. The Morgan fingerprint density at radius 3 is 2.16 bits per heavy atom. The van der Waals surface area contributed by atoms with Crippen LogP contribution < -0.4 is 10.6 Å². The lowest BCUT2D eigenvalue weighted by atomic mass is 10.1.